The zero-order chi connectivity index (χ0) is 21.1. The fraction of sp³-hybridized carbons (Fsp3) is 0.261. The van der Waals surface area contributed by atoms with E-state index in [1.54, 1.807) is 4.90 Å². The molecule has 0 spiro atoms. The molecule has 0 bridgehead atoms. The molecule has 1 aromatic heterocycles. The van der Waals surface area contributed by atoms with Gasteiger partial charge in [0.15, 0.2) is 0 Å². The number of hydrogen-bond acceptors (Lipinski definition) is 4. The van der Waals surface area contributed by atoms with Crippen LogP contribution in [-0.2, 0) is 17.9 Å². The average Bonchev–Trinajstić information content (AvgIpc) is 3.08. The van der Waals surface area contributed by atoms with Gasteiger partial charge in [-0.25, -0.2) is 4.98 Å². The SMILES string of the molecule is Cc1ncc(CN2CCN(c3cccc(Cl)c3)C(=O)C2)n1Cc1ccc(C#N)cc1.Cl.Cl. The summed E-state index contributed by atoms with van der Waals surface area (Å²) >= 11 is 6.08. The summed E-state index contributed by atoms with van der Waals surface area (Å²) in [6.45, 7) is 5.08. The third-order valence-corrected chi connectivity index (χ3v) is 5.60. The standard InChI is InChI=1S/C23H22ClN5O.2ClH/c1-17-26-13-22(29(17)14-19-7-5-18(12-25)6-8-19)15-27-9-10-28(23(30)16-27)21-4-2-3-20(24)11-21;;/h2-8,11,13H,9-10,14-16H2,1H3;2*1H. The molecule has 0 saturated carbocycles. The molecule has 32 heavy (non-hydrogen) atoms. The number of benzene rings is 2. The minimum Gasteiger partial charge on any atom is -0.327 e. The molecule has 0 aliphatic carbocycles. The number of aryl methyl sites for hydroxylation is 1. The molecule has 1 fully saturated rings. The van der Waals surface area contributed by atoms with Crippen LogP contribution in [0.3, 0.4) is 0 Å². The summed E-state index contributed by atoms with van der Waals surface area (Å²) in [5, 5.41) is 9.60. The van der Waals surface area contributed by atoms with E-state index >= 15 is 0 Å². The predicted octanol–water partition coefficient (Wildman–Crippen LogP) is 4.46. The lowest BCUT2D eigenvalue weighted by Gasteiger charge is -2.34. The van der Waals surface area contributed by atoms with Gasteiger partial charge in [0.2, 0.25) is 5.91 Å². The lowest BCUT2D eigenvalue weighted by atomic mass is 10.1. The molecule has 9 heteroatoms. The number of piperazine rings is 1. The summed E-state index contributed by atoms with van der Waals surface area (Å²) in [5.74, 6) is 0.997. The fourth-order valence-corrected chi connectivity index (χ4v) is 3.91. The quantitative estimate of drug-likeness (QED) is 0.527. The molecule has 0 unspecified atom stereocenters. The van der Waals surface area contributed by atoms with E-state index in [4.69, 9.17) is 16.9 Å². The maximum atomic E-state index is 12.7. The van der Waals surface area contributed by atoms with Crippen LogP contribution < -0.4 is 4.90 Å². The molecular formula is C23H24Cl3N5O. The van der Waals surface area contributed by atoms with Crippen molar-refractivity contribution >= 4 is 48.0 Å². The molecule has 0 atom stereocenters. The van der Waals surface area contributed by atoms with E-state index in [9.17, 15) is 4.79 Å². The van der Waals surface area contributed by atoms with Crippen molar-refractivity contribution in [3.8, 4) is 6.07 Å². The van der Waals surface area contributed by atoms with Crippen LogP contribution in [0.5, 0.6) is 0 Å². The number of carbonyl (C=O) groups is 1. The van der Waals surface area contributed by atoms with Crippen LogP contribution in [0.25, 0.3) is 0 Å². The van der Waals surface area contributed by atoms with Crippen LogP contribution in [0.15, 0.2) is 54.7 Å². The molecule has 168 valence electrons. The molecule has 3 aromatic rings. The average molecular weight is 493 g/mol. The van der Waals surface area contributed by atoms with Crippen LogP contribution >= 0.6 is 36.4 Å². The Morgan fingerprint density at radius 3 is 2.50 bits per heavy atom. The highest BCUT2D eigenvalue weighted by Gasteiger charge is 2.26. The minimum absolute atomic E-state index is 0. The summed E-state index contributed by atoms with van der Waals surface area (Å²) in [6.07, 6.45) is 1.88. The van der Waals surface area contributed by atoms with Crippen molar-refractivity contribution in [2.45, 2.75) is 20.0 Å². The van der Waals surface area contributed by atoms with E-state index < -0.39 is 0 Å². The Labute approximate surface area is 205 Å². The molecule has 4 rings (SSSR count). The highest BCUT2D eigenvalue weighted by molar-refractivity contribution is 6.30. The number of nitriles is 1. The predicted molar refractivity (Wildman–Crippen MR) is 131 cm³/mol. The molecule has 1 saturated heterocycles. The van der Waals surface area contributed by atoms with Gasteiger partial charge in [0.05, 0.1) is 23.9 Å². The summed E-state index contributed by atoms with van der Waals surface area (Å²) < 4.78 is 2.16. The molecule has 6 nitrogen and oxygen atoms in total. The van der Waals surface area contributed by atoms with Crippen LogP contribution in [0.4, 0.5) is 5.69 Å². The van der Waals surface area contributed by atoms with Gasteiger partial charge in [0.25, 0.3) is 0 Å². The zero-order valence-corrected chi connectivity index (χ0v) is 20.0. The Morgan fingerprint density at radius 2 is 1.84 bits per heavy atom. The smallest absolute Gasteiger partial charge is 0.241 e. The van der Waals surface area contributed by atoms with Gasteiger partial charge in [-0.1, -0.05) is 29.8 Å². The number of imidazole rings is 1. The van der Waals surface area contributed by atoms with Crippen molar-refractivity contribution in [2.75, 3.05) is 24.5 Å². The van der Waals surface area contributed by atoms with Crippen molar-refractivity contribution in [2.24, 2.45) is 0 Å². The molecule has 1 aliphatic heterocycles. The maximum Gasteiger partial charge on any atom is 0.241 e. The highest BCUT2D eigenvalue weighted by atomic mass is 35.5. The molecule has 0 radical (unpaired) electrons. The van der Waals surface area contributed by atoms with E-state index in [2.05, 4.69) is 20.5 Å². The van der Waals surface area contributed by atoms with Crippen LogP contribution in [0.2, 0.25) is 5.02 Å². The maximum absolute atomic E-state index is 12.7. The Balaban J connectivity index is 0.00000181. The van der Waals surface area contributed by atoms with Gasteiger partial charge in [0, 0.05) is 43.1 Å². The van der Waals surface area contributed by atoms with Gasteiger partial charge in [-0.3, -0.25) is 9.69 Å². The monoisotopic (exact) mass is 491 g/mol. The molecule has 0 N–H and O–H groups in total. The number of amides is 1. The second kappa shape index (κ2) is 11.3. The number of anilines is 1. The second-order valence-corrected chi connectivity index (χ2v) is 7.86. The van der Waals surface area contributed by atoms with Crippen molar-refractivity contribution in [1.29, 1.82) is 5.26 Å². The Morgan fingerprint density at radius 1 is 1.09 bits per heavy atom. The fourth-order valence-electron chi connectivity index (χ4n) is 3.73. The third-order valence-electron chi connectivity index (χ3n) is 5.37. The van der Waals surface area contributed by atoms with E-state index in [0.717, 1.165) is 29.3 Å². The van der Waals surface area contributed by atoms with E-state index in [1.807, 2.05) is 61.7 Å². The summed E-state index contributed by atoms with van der Waals surface area (Å²) in [6, 6.07) is 17.1. The third kappa shape index (κ3) is 5.81. The summed E-state index contributed by atoms with van der Waals surface area (Å²) in [5.41, 5.74) is 3.67. The molecule has 2 heterocycles. The first-order valence-electron chi connectivity index (χ1n) is 9.82. The van der Waals surface area contributed by atoms with Gasteiger partial charge in [-0.15, -0.1) is 24.8 Å². The number of nitrogens with zero attached hydrogens (tertiary/aromatic N) is 5. The van der Waals surface area contributed by atoms with E-state index in [-0.39, 0.29) is 30.7 Å². The van der Waals surface area contributed by atoms with Crippen LogP contribution in [0, 0.1) is 18.3 Å². The van der Waals surface area contributed by atoms with Crippen LogP contribution in [0.1, 0.15) is 22.6 Å². The van der Waals surface area contributed by atoms with Crippen molar-refractivity contribution in [3.63, 3.8) is 0 Å². The minimum atomic E-state index is 0. The number of carbonyl (C=O) groups excluding carboxylic acids is 1. The second-order valence-electron chi connectivity index (χ2n) is 7.43. The first kappa shape index (κ1) is 25.7. The van der Waals surface area contributed by atoms with Crippen molar-refractivity contribution in [3.05, 3.63) is 82.4 Å². The lowest BCUT2D eigenvalue weighted by molar-refractivity contribution is -0.121. The Hall–Kier alpha value is -2.56. The summed E-state index contributed by atoms with van der Waals surface area (Å²) in [7, 11) is 0. The Bertz CT molecular complexity index is 1110. The van der Waals surface area contributed by atoms with E-state index in [1.165, 1.54) is 0 Å². The van der Waals surface area contributed by atoms with Crippen molar-refractivity contribution < 1.29 is 4.79 Å². The van der Waals surface area contributed by atoms with Gasteiger partial charge >= 0.3 is 0 Å². The Kier molecular flexibility index (Phi) is 9.11. The summed E-state index contributed by atoms with van der Waals surface area (Å²) in [4.78, 5) is 21.2. The highest BCUT2D eigenvalue weighted by Crippen LogP contribution is 2.22. The lowest BCUT2D eigenvalue weighted by Crippen LogP contribution is -2.50. The molecule has 1 amide bonds. The van der Waals surface area contributed by atoms with Gasteiger partial charge in [-0.2, -0.15) is 5.26 Å². The molecule has 1 aliphatic rings. The number of halogens is 3. The number of hydrogen-bond donors (Lipinski definition) is 0. The molecule has 2 aromatic carbocycles. The zero-order valence-electron chi connectivity index (χ0n) is 17.6. The van der Waals surface area contributed by atoms with Gasteiger partial charge < -0.3 is 9.47 Å². The largest absolute Gasteiger partial charge is 0.327 e. The molecular weight excluding hydrogens is 469 g/mol. The number of aromatic nitrogens is 2. The topological polar surface area (TPSA) is 65.2 Å². The first-order chi connectivity index (χ1) is 14.5. The van der Waals surface area contributed by atoms with Gasteiger partial charge in [-0.05, 0) is 42.8 Å². The van der Waals surface area contributed by atoms with Crippen molar-refractivity contribution in [1.82, 2.24) is 14.5 Å². The van der Waals surface area contributed by atoms with Crippen LogP contribution in [-0.4, -0.2) is 40.0 Å². The number of rotatable bonds is 5. The normalized spacial score (nSPS) is 13.8. The first-order valence-corrected chi connectivity index (χ1v) is 10.2. The van der Waals surface area contributed by atoms with Gasteiger partial charge in [0.1, 0.15) is 5.82 Å². The van der Waals surface area contributed by atoms with E-state index in [0.29, 0.717) is 36.8 Å².